The first-order valence-electron chi connectivity index (χ1n) is 24.5. The minimum atomic E-state index is -0.447. The van der Waals surface area contributed by atoms with Crippen molar-refractivity contribution in [2.45, 2.75) is 110 Å². The van der Waals surface area contributed by atoms with Gasteiger partial charge in [-0.3, -0.25) is 0 Å². The number of nitrogens with zero attached hydrogens (tertiary/aromatic N) is 4. The van der Waals surface area contributed by atoms with E-state index in [0.29, 0.717) is 0 Å². The smallest absolute Gasteiger partial charge is 0.135 e. The molecule has 2 aromatic heterocycles. The summed E-state index contributed by atoms with van der Waals surface area (Å²) in [5.74, 6) is 0.906. The van der Waals surface area contributed by atoms with Gasteiger partial charge in [0.15, 0.2) is 0 Å². The van der Waals surface area contributed by atoms with Crippen LogP contribution in [0.2, 0.25) is 0 Å². The van der Waals surface area contributed by atoms with Crippen molar-refractivity contribution >= 4 is 44.6 Å². The van der Waals surface area contributed by atoms with Gasteiger partial charge >= 0.3 is 0 Å². The molecule has 1 aliphatic heterocycles. The van der Waals surface area contributed by atoms with Crippen molar-refractivity contribution in [1.82, 2.24) is 9.55 Å². The van der Waals surface area contributed by atoms with Crippen LogP contribution in [0, 0.1) is 18.8 Å². The van der Waals surface area contributed by atoms with Gasteiger partial charge in [-0.1, -0.05) is 180 Å². The minimum absolute atomic E-state index is 0. The summed E-state index contributed by atoms with van der Waals surface area (Å²) in [7, 11) is 0. The van der Waals surface area contributed by atoms with E-state index in [-0.39, 0.29) is 42.7 Å². The fraction of sp³-hybridized carbons (Fsp3) is 0.262. The molecule has 0 spiro atoms. The van der Waals surface area contributed by atoms with E-state index in [1.54, 1.807) is 0 Å². The second-order valence-electron chi connectivity index (χ2n) is 22.8. The number of hydrogen-bond acceptors (Lipinski definition) is 3. The van der Waals surface area contributed by atoms with Crippen LogP contribution in [0.3, 0.4) is 0 Å². The number of anilines is 4. The second-order valence-corrected chi connectivity index (χ2v) is 22.8. The van der Waals surface area contributed by atoms with Crippen LogP contribution in [0.15, 0.2) is 170 Å². The summed E-state index contributed by atoms with van der Waals surface area (Å²) in [6, 6.07) is 68.1. The maximum absolute atomic E-state index is 5.00. The maximum atomic E-state index is 5.00. The molecule has 3 heterocycles. The topological polar surface area (TPSA) is 24.3 Å². The third kappa shape index (κ3) is 8.61. The normalized spacial score (nSPS) is 13.5. The molecule has 0 radical (unpaired) electrons. The Morgan fingerprint density at radius 2 is 0.986 bits per heavy atom. The first-order valence-corrected chi connectivity index (χ1v) is 24.5. The van der Waals surface area contributed by atoms with Crippen LogP contribution >= 0.6 is 0 Å². The molecule has 5 heteroatoms. The van der Waals surface area contributed by atoms with Crippen molar-refractivity contribution < 1.29 is 21.1 Å². The SMILES string of the molecule is CC(C)(C)c1ccnc(-n2c3[c-]c(C(C)(C)c4[c-]c(N5[CH-]N(c6cc(C(C)(C)c7ccccc7)cc(C(C)(C)c7ccccc7)c6)c6ccccc65)ccc4)ccc3c3cc(C(C)(C)C)ccc32)c1.[Pt]. The van der Waals surface area contributed by atoms with Gasteiger partial charge in [0.25, 0.3) is 0 Å². The molecule has 0 unspecified atom stereocenters. The summed E-state index contributed by atoms with van der Waals surface area (Å²) >= 11 is 0. The van der Waals surface area contributed by atoms with Crippen molar-refractivity contribution in [3.8, 4) is 5.82 Å². The molecule has 0 saturated carbocycles. The van der Waals surface area contributed by atoms with Crippen molar-refractivity contribution in [1.29, 1.82) is 0 Å². The molecule has 9 aromatic rings. The van der Waals surface area contributed by atoms with Crippen LogP contribution in [0.25, 0.3) is 27.6 Å². The van der Waals surface area contributed by atoms with Crippen LogP contribution in [-0.2, 0) is 48.1 Å². The molecule has 70 heavy (non-hydrogen) atoms. The van der Waals surface area contributed by atoms with Crippen molar-refractivity contribution in [2.24, 2.45) is 0 Å². The third-order valence-electron chi connectivity index (χ3n) is 15.0. The van der Waals surface area contributed by atoms with Crippen LogP contribution < -0.4 is 9.80 Å². The van der Waals surface area contributed by atoms with Gasteiger partial charge in [0, 0.05) is 60.7 Å². The summed E-state index contributed by atoms with van der Waals surface area (Å²) in [6.07, 6.45) is 1.95. The Morgan fingerprint density at radius 3 is 1.59 bits per heavy atom. The molecule has 358 valence electrons. The zero-order valence-corrected chi connectivity index (χ0v) is 45.1. The van der Waals surface area contributed by atoms with E-state index in [1.165, 1.54) is 44.2 Å². The maximum Gasteiger partial charge on any atom is 0.135 e. The number of rotatable bonds is 9. The second kappa shape index (κ2) is 17.9. The summed E-state index contributed by atoms with van der Waals surface area (Å²) in [4.78, 5) is 9.67. The molecule has 0 aliphatic carbocycles. The number of benzene rings is 7. The van der Waals surface area contributed by atoms with E-state index >= 15 is 0 Å². The predicted molar refractivity (Wildman–Crippen MR) is 291 cm³/mol. The fourth-order valence-electron chi connectivity index (χ4n) is 10.2. The van der Waals surface area contributed by atoms with E-state index in [1.807, 2.05) is 6.20 Å². The average Bonchev–Trinajstić information content (AvgIpc) is 3.90. The van der Waals surface area contributed by atoms with Crippen molar-refractivity contribution in [3.05, 3.63) is 233 Å². The number of aromatic nitrogens is 2. The first kappa shape index (κ1) is 48.8. The van der Waals surface area contributed by atoms with Gasteiger partial charge in [0.1, 0.15) is 5.82 Å². The molecular weight excluding hydrogens is 1030 g/mol. The van der Waals surface area contributed by atoms with E-state index in [9.17, 15) is 0 Å². The van der Waals surface area contributed by atoms with Gasteiger partial charge in [-0.25, -0.2) is 4.98 Å². The van der Waals surface area contributed by atoms with Crippen LogP contribution in [0.4, 0.5) is 22.7 Å². The van der Waals surface area contributed by atoms with Gasteiger partial charge in [-0.05, 0) is 97.5 Å². The number of fused-ring (bicyclic) bond motifs is 4. The molecule has 10 rings (SSSR count). The van der Waals surface area contributed by atoms with Gasteiger partial charge in [0.2, 0.25) is 0 Å². The molecule has 0 N–H and O–H groups in total. The molecule has 7 aromatic carbocycles. The van der Waals surface area contributed by atoms with Gasteiger partial charge < -0.3 is 14.4 Å². The van der Waals surface area contributed by atoms with Crippen LogP contribution in [0.5, 0.6) is 0 Å². The fourth-order valence-corrected chi connectivity index (χ4v) is 10.2. The molecule has 0 bridgehead atoms. The third-order valence-corrected chi connectivity index (χ3v) is 15.0. The molecule has 0 atom stereocenters. The standard InChI is InChI=1S/C65H65N4.Pt/c1-61(2,3)46-31-33-56-55(40-46)54-32-30-49(41-59(54)69(56)60-42-47(34-35-66-60)62(4,5)6)65(11,12)48-26-21-27-52(37-48)67-43-68(58-29-20-19-28-57(58)67)53-38-50(63(7,8)44-22-15-13-16-23-44)36-51(39-53)64(9,10)45-24-17-14-18-25-45;/h13-36,38-40,42-43H,1-12H3;/q-3;. The summed E-state index contributed by atoms with van der Waals surface area (Å²) in [5.41, 5.74) is 15.4. The Hall–Kier alpha value is -6.22. The number of pyridine rings is 1. The molecule has 4 nitrogen and oxygen atoms in total. The Morgan fingerprint density at radius 1 is 0.429 bits per heavy atom. The van der Waals surface area contributed by atoms with Crippen LogP contribution in [-0.4, -0.2) is 9.55 Å². The van der Waals surface area contributed by atoms with Gasteiger partial charge in [-0.2, -0.15) is 53.6 Å². The summed E-state index contributed by atoms with van der Waals surface area (Å²) in [5, 5.41) is 2.39. The average molecular weight is 1100 g/mol. The molecule has 0 fully saturated rings. The Bertz CT molecular complexity index is 3290. The quantitative estimate of drug-likeness (QED) is 0.135. The molecule has 1 aliphatic rings. The summed E-state index contributed by atoms with van der Waals surface area (Å²) in [6.45, 7) is 29.8. The minimum Gasteiger partial charge on any atom is -0.493 e. The Balaban J connectivity index is 0.00000608. The van der Waals surface area contributed by atoms with Crippen LogP contribution in [0.1, 0.15) is 128 Å². The van der Waals surface area contributed by atoms with E-state index in [4.69, 9.17) is 4.98 Å². The van der Waals surface area contributed by atoms with E-state index in [0.717, 1.165) is 50.7 Å². The van der Waals surface area contributed by atoms with E-state index < -0.39 is 5.41 Å². The predicted octanol–water partition coefficient (Wildman–Crippen LogP) is 16.8. The van der Waals surface area contributed by atoms with Crippen molar-refractivity contribution in [3.63, 3.8) is 0 Å². The Kier molecular flexibility index (Phi) is 12.5. The summed E-state index contributed by atoms with van der Waals surface area (Å²) < 4.78 is 2.32. The number of hydrogen-bond donors (Lipinski definition) is 0. The largest absolute Gasteiger partial charge is 0.493 e. The van der Waals surface area contributed by atoms with E-state index in [2.05, 4.69) is 280 Å². The van der Waals surface area contributed by atoms with Gasteiger partial charge in [-0.15, -0.1) is 17.7 Å². The first-order chi connectivity index (χ1) is 32.7. The zero-order valence-electron chi connectivity index (χ0n) is 42.8. The molecular formula is C65H65N4Pt-3. The number of para-hydroxylation sites is 2. The Labute approximate surface area is 431 Å². The zero-order chi connectivity index (χ0) is 48.7. The molecule has 0 amide bonds. The van der Waals surface area contributed by atoms with Gasteiger partial charge in [0.05, 0.1) is 0 Å². The molecule has 0 saturated heterocycles. The monoisotopic (exact) mass is 1100 g/mol. The van der Waals surface area contributed by atoms with Crippen molar-refractivity contribution in [2.75, 3.05) is 9.80 Å².